The number of sulfonamides is 1. The van der Waals surface area contributed by atoms with Crippen LogP contribution in [0.4, 0.5) is 11.4 Å². The van der Waals surface area contributed by atoms with E-state index in [0.717, 1.165) is 21.5 Å². The highest BCUT2D eigenvalue weighted by atomic mass is 127. The van der Waals surface area contributed by atoms with Crippen molar-refractivity contribution >= 4 is 44.0 Å². The lowest BCUT2D eigenvalue weighted by Gasteiger charge is -2.08. The Morgan fingerprint density at radius 3 is 2.58 bits per heavy atom. The van der Waals surface area contributed by atoms with Crippen molar-refractivity contribution in [1.29, 1.82) is 0 Å². The summed E-state index contributed by atoms with van der Waals surface area (Å²) in [5.74, 6) is 0.825. The summed E-state index contributed by atoms with van der Waals surface area (Å²) in [6, 6.07) is 10.9. The highest BCUT2D eigenvalue weighted by Crippen LogP contribution is 2.17. The normalized spacial score (nSPS) is 11.3. The van der Waals surface area contributed by atoms with Gasteiger partial charge in [0.05, 0.1) is 18.5 Å². The zero-order valence-electron chi connectivity index (χ0n) is 10.2. The average molecular weight is 392 g/mol. The van der Waals surface area contributed by atoms with Crippen LogP contribution in [-0.2, 0) is 16.6 Å². The number of nitrogens with one attached hydrogen (secondary N) is 2. The summed E-state index contributed by atoms with van der Waals surface area (Å²) < 4.78 is 31.0. The Morgan fingerprint density at radius 2 is 1.95 bits per heavy atom. The van der Waals surface area contributed by atoms with Gasteiger partial charge in [0.25, 0.3) is 0 Å². The molecule has 0 amide bonds. The summed E-state index contributed by atoms with van der Waals surface area (Å²) in [5.41, 5.74) is 1.35. The second kappa shape index (κ2) is 5.83. The van der Waals surface area contributed by atoms with Crippen LogP contribution in [0.15, 0.2) is 40.8 Å². The molecule has 1 heterocycles. The average Bonchev–Trinajstić information content (AvgIpc) is 2.71. The Balaban J connectivity index is 2.03. The summed E-state index contributed by atoms with van der Waals surface area (Å²) in [7, 11) is -3.25. The van der Waals surface area contributed by atoms with Crippen LogP contribution >= 0.6 is 22.6 Å². The van der Waals surface area contributed by atoms with E-state index in [4.69, 9.17) is 4.42 Å². The summed E-state index contributed by atoms with van der Waals surface area (Å²) in [5, 5.41) is 3.17. The van der Waals surface area contributed by atoms with Gasteiger partial charge in [0.1, 0.15) is 5.76 Å². The lowest BCUT2D eigenvalue weighted by Crippen LogP contribution is -2.09. The Kier molecular flexibility index (Phi) is 4.35. The fourth-order valence-electron chi connectivity index (χ4n) is 1.54. The molecule has 0 bridgehead atoms. The number of hydrogen-bond acceptors (Lipinski definition) is 4. The van der Waals surface area contributed by atoms with E-state index in [1.807, 2.05) is 18.2 Å². The smallest absolute Gasteiger partial charge is 0.229 e. The predicted octanol–water partition coefficient (Wildman–Crippen LogP) is 2.87. The van der Waals surface area contributed by atoms with Crippen molar-refractivity contribution < 1.29 is 12.8 Å². The van der Waals surface area contributed by atoms with Gasteiger partial charge in [0.15, 0.2) is 3.77 Å². The topological polar surface area (TPSA) is 71.3 Å². The molecule has 7 heteroatoms. The van der Waals surface area contributed by atoms with Gasteiger partial charge in [-0.2, -0.15) is 0 Å². The maximum absolute atomic E-state index is 11.1. The molecule has 2 N–H and O–H groups in total. The minimum absolute atomic E-state index is 0.529. The van der Waals surface area contributed by atoms with Gasteiger partial charge in [-0.3, -0.25) is 4.72 Å². The first kappa shape index (κ1) is 14.2. The number of hydrogen-bond donors (Lipinski definition) is 2. The maximum Gasteiger partial charge on any atom is 0.229 e. The number of benzene rings is 1. The predicted molar refractivity (Wildman–Crippen MR) is 83.7 cm³/mol. The Hall–Kier alpha value is -1.22. The molecule has 102 valence electrons. The van der Waals surface area contributed by atoms with Gasteiger partial charge in [-0.05, 0) is 52.9 Å². The molecule has 0 saturated heterocycles. The van der Waals surface area contributed by atoms with E-state index >= 15 is 0 Å². The molecule has 0 aliphatic rings. The van der Waals surface area contributed by atoms with Crippen molar-refractivity contribution in [1.82, 2.24) is 0 Å². The van der Waals surface area contributed by atoms with Crippen molar-refractivity contribution in [3.05, 3.63) is 45.9 Å². The molecule has 0 fully saturated rings. The Bertz CT molecular complexity index is 667. The standard InChI is InChI=1S/C12H13IN2O3S/c1-19(16,17)15-10-4-2-3-9(7-10)14-8-11-5-6-12(13)18-11/h2-7,14-15H,8H2,1H3. The molecule has 0 radical (unpaired) electrons. The summed E-state index contributed by atoms with van der Waals surface area (Å²) in [4.78, 5) is 0. The van der Waals surface area contributed by atoms with Gasteiger partial charge < -0.3 is 9.73 Å². The monoisotopic (exact) mass is 392 g/mol. The van der Waals surface area contributed by atoms with Crippen LogP contribution in [0.5, 0.6) is 0 Å². The minimum atomic E-state index is -3.25. The first-order valence-corrected chi connectivity index (χ1v) is 8.45. The first-order chi connectivity index (χ1) is 8.92. The van der Waals surface area contributed by atoms with Gasteiger partial charge >= 0.3 is 0 Å². The third-order valence-electron chi connectivity index (χ3n) is 2.26. The van der Waals surface area contributed by atoms with Crippen LogP contribution in [0.25, 0.3) is 0 Å². The van der Waals surface area contributed by atoms with E-state index in [-0.39, 0.29) is 0 Å². The molecule has 0 unspecified atom stereocenters. The van der Waals surface area contributed by atoms with Crippen molar-refractivity contribution in [3.63, 3.8) is 0 Å². The second-order valence-electron chi connectivity index (χ2n) is 4.01. The fraction of sp³-hybridized carbons (Fsp3) is 0.167. The van der Waals surface area contributed by atoms with Gasteiger partial charge in [-0.1, -0.05) is 6.07 Å². The third-order valence-corrected chi connectivity index (χ3v) is 3.45. The molecule has 0 saturated carbocycles. The van der Waals surface area contributed by atoms with Crippen molar-refractivity contribution in [2.24, 2.45) is 0 Å². The van der Waals surface area contributed by atoms with E-state index in [2.05, 4.69) is 32.6 Å². The van der Waals surface area contributed by atoms with E-state index in [9.17, 15) is 8.42 Å². The molecule has 19 heavy (non-hydrogen) atoms. The lowest BCUT2D eigenvalue weighted by molar-refractivity contribution is 0.493. The summed E-state index contributed by atoms with van der Waals surface area (Å²) in [6.45, 7) is 0.547. The molecule has 1 aromatic heterocycles. The van der Waals surface area contributed by atoms with Crippen molar-refractivity contribution in [2.75, 3.05) is 16.3 Å². The van der Waals surface area contributed by atoms with Crippen LogP contribution in [0.2, 0.25) is 0 Å². The van der Waals surface area contributed by atoms with E-state index in [0.29, 0.717) is 12.2 Å². The van der Waals surface area contributed by atoms with E-state index in [1.54, 1.807) is 18.2 Å². The first-order valence-electron chi connectivity index (χ1n) is 5.48. The molecule has 2 rings (SSSR count). The number of anilines is 2. The molecule has 2 aromatic rings. The third kappa shape index (κ3) is 4.75. The van der Waals surface area contributed by atoms with Gasteiger partial charge in [-0.25, -0.2) is 8.42 Å². The molecule has 0 aliphatic heterocycles. The molecule has 0 atom stereocenters. The highest BCUT2D eigenvalue weighted by molar-refractivity contribution is 14.1. The quantitative estimate of drug-likeness (QED) is 0.768. The zero-order valence-corrected chi connectivity index (χ0v) is 13.2. The number of furan rings is 1. The SMILES string of the molecule is CS(=O)(=O)Nc1cccc(NCc2ccc(I)o2)c1. The molecular formula is C12H13IN2O3S. The molecule has 0 aliphatic carbocycles. The van der Waals surface area contributed by atoms with Crippen molar-refractivity contribution in [3.8, 4) is 0 Å². The van der Waals surface area contributed by atoms with E-state index < -0.39 is 10.0 Å². The van der Waals surface area contributed by atoms with Crippen LogP contribution in [0.3, 0.4) is 0 Å². The number of halogens is 1. The van der Waals surface area contributed by atoms with Gasteiger partial charge in [-0.15, -0.1) is 0 Å². The molecule has 1 aromatic carbocycles. The molecule has 0 spiro atoms. The highest BCUT2D eigenvalue weighted by Gasteiger charge is 2.03. The van der Waals surface area contributed by atoms with Crippen LogP contribution in [0.1, 0.15) is 5.76 Å². The largest absolute Gasteiger partial charge is 0.454 e. The number of rotatable bonds is 5. The van der Waals surface area contributed by atoms with Gasteiger partial charge in [0.2, 0.25) is 10.0 Å². The molecular weight excluding hydrogens is 379 g/mol. The zero-order chi connectivity index (χ0) is 13.9. The minimum Gasteiger partial charge on any atom is -0.454 e. The van der Waals surface area contributed by atoms with Crippen molar-refractivity contribution in [2.45, 2.75) is 6.54 Å². The lowest BCUT2D eigenvalue weighted by atomic mass is 10.3. The second-order valence-corrected chi connectivity index (χ2v) is 6.83. The summed E-state index contributed by atoms with van der Waals surface area (Å²) >= 11 is 2.10. The summed E-state index contributed by atoms with van der Waals surface area (Å²) in [6.07, 6.45) is 1.12. The van der Waals surface area contributed by atoms with Crippen LogP contribution in [0, 0.1) is 3.77 Å². The van der Waals surface area contributed by atoms with Gasteiger partial charge in [0, 0.05) is 5.69 Å². The van der Waals surface area contributed by atoms with Crippen LogP contribution in [-0.4, -0.2) is 14.7 Å². The fourth-order valence-corrected chi connectivity index (χ4v) is 2.56. The maximum atomic E-state index is 11.1. The molecule has 5 nitrogen and oxygen atoms in total. The Labute approximate surface area is 125 Å². The van der Waals surface area contributed by atoms with E-state index in [1.165, 1.54) is 0 Å². The Morgan fingerprint density at radius 1 is 1.21 bits per heavy atom. The van der Waals surface area contributed by atoms with Crippen LogP contribution < -0.4 is 10.0 Å².